The zero-order valence-electron chi connectivity index (χ0n) is 19.9. The van der Waals surface area contributed by atoms with E-state index in [9.17, 15) is 22.8 Å². The van der Waals surface area contributed by atoms with E-state index in [0.717, 1.165) is 13.0 Å². The van der Waals surface area contributed by atoms with E-state index in [-0.39, 0.29) is 28.8 Å². The molecule has 11 heteroatoms. The largest absolute Gasteiger partial charge is 0.348 e. The van der Waals surface area contributed by atoms with Crippen molar-refractivity contribution in [3.8, 4) is 0 Å². The van der Waals surface area contributed by atoms with Crippen LogP contribution in [-0.2, 0) is 19.6 Å². The van der Waals surface area contributed by atoms with Gasteiger partial charge in [-0.2, -0.15) is 4.31 Å². The molecule has 0 spiro atoms. The van der Waals surface area contributed by atoms with Crippen molar-refractivity contribution in [2.75, 3.05) is 66.5 Å². The molecule has 10 nitrogen and oxygen atoms in total. The summed E-state index contributed by atoms with van der Waals surface area (Å²) in [4.78, 5) is 42.4. The van der Waals surface area contributed by atoms with Crippen LogP contribution in [-0.4, -0.2) is 112 Å². The number of hydrogen-bond donors (Lipinski definition) is 1. The molecule has 1 aliphatic heterocycles. The topological polar surface area (TPSA) is 110 Å². The number of amides is 3. The summed E-state index contributed by atoms with van der Waals surface area (Å²) in [5, 5.41) is 2.60. The lowest BCUT2D eigenvalue weighted by atomic mass is 10.2. The lowest BCUT2D eigenvalue weighted by Crippen LogP contribution is -2.43. The van der Waals surface area contributed by atoms with Crippen molar-refractivity contribution >= 4 is 27.7 Å². The molecule has 3 amide bonds. The molecule has 2 rings (SSSR count). The Morgan fingerprint density at radius 3 is 2.36 bits per heavy atom. The molecule has 0 saturated carbocycles. The maximum atomic E-state index is 12.7. The van der Waals surface area contributed by atoms with Crippen molar-refractivity contribution in [3.63, 3.8) is 0 Å². The molecule has 1 saturated heterocycles. The van der Waals surface area contributed by atoms with Crippen LogP contribution in [0, 0.1) is 0 Å². The van der Waals surface area contributed by atoms with E-state index in [4.69, 9.17) is 0 Å². The molecule has 0 aromatic heterocycles. The number of nitrogens with zero attached hydrogens (tertiary/aromatic N) is 4. The molecule has 1 N–H and O–H groups in total. The number of benzene rings is 1. The number of carbonyl (C=O) groups excluding carboxylic acids is 3. The van der Waals surface area contributed by atoms with Crippen LogP contribution in [0.4, 0.5) is 0 Å². The highest BCUT2D eigenvalue weighted by Gasteiger charge is 2.24. The summed E-state index contributed by atoms with van der Waals surface area (Å²) in [6.07, 6.45) is 0.742. The minimum absolute atomic E-state index is 0.0206. The molecule has 184 valence electrons. The fourth-order valence-electron chi connectivity index (χ4n) is 3.59. The van der Waals surface area contributed by atoms with Crippen molar-refractivity contribution in [1.82, 2.24) is 24.3 Å². The summed E-state index contributed by atoms with van der Waals surface area (Å²) in [7, 11) is -0.251. The monoisotopic (exact) mass is 481 g/mol. The number of carbonyl (C=O) groups is 3. The van der Waals surface area contributed by atoms with Crippen LogP contribution in [0.5, 0.6) is 0 Å². The van der Waals surface area contributed by atoms with E-state index in [1.165, 1.54) is 28.6 Å². The third kappa shape index (κ3) is 7.24. The van der Waals surface area contributed by atoms with Crippen LogP contribution < -0.4 is 5.32 Å². The summed E-state index contributed by atoms with van der Waals surface area (Å²) >= 11 is 0. The Morgan fingerprint density at radius 2 is 1.73 bits per heavy atom. The SMILES string of the molecule is CCN(CC)S(=O)(=O)c1cccc(C(=O)NCC(=O)N2CCCN(CC(=O)N(C)C)CC2)c1. The van der Waals surface area contributed by atoms with Gasteiger partial charge < -0.3 is 15.1 Å². The van der Waals surface area contributed by atoms with Gasteiger partial charge in [-0.25, -0.2) is 8.42 Å². The molecular formula is C22H35N5O5S. The van der Waals surface area contributed by atoms with Crippen LogP contribution >= 0.6 is 0 Å². The van der Waals surface area contributed by atoms with Gasteiger partial charge in [-0.1, -0.05) is 19.9 Å². The molecule has 1 heterocycles. The van der Waals surface area contributed by atoms with Gasteiger partial charge in [-0.3, -0.25) is 19.3 Å². The first-order chi connectivity index (χ1) is 15.6. The van der Waals surface area contributed by atoms with Crippen molar-refractivity contribution in [2.45, 2.75) is 25.2 Å². The number of likely N-dealkylation sites (N-methyl/N-ethyl adjacent to an activating group) is 1. The molecule has 1 aromatic rings. The van der Waals surface area contributed by atoms with Crippen LogP contribution in [0.25, 0.3) is 0 Å². The second-order valence-electron chi connectivity index (χ2n) is 8.10. The Balaban J connectivity index is 1.94. The van der Waals surface area contributed by atoms with Crippen LogP contribution in [0.3, 0.4) is 0 Å². The Morgan fingerprint density at radius 1 is 1.03 bits per heavy atom. The highest BCUT2D eigenvalue weighted by Crippen LogP contribution is 2.17. The summed E-state index contributed by atoms with van der Waals surface area (Å²) in [6.45, 7) is 6.67. The van der Waals surface area contributed by atoms with Gasteiger partial charge >= 0.3 is 0 Å². The summed E-state index contributed by atoms with van der Waals surface area (Å²) < 4.78 is 26.7. The van der Waals surface area contributed by atoms with Gasteiger partial charge in [0.15, 0.2) is 0 Å². The second-order valence-corrected chi connectivity index (χ2v) is 10.0. The maximum absolute atomic E-state index is 12.7. The zero-order valence-corrected chi connectivity index (χ0v) is 20.7. The van der Waals surface area contributed by atoms with E-state index in [1.807, 2.05) is 4.90 Å². The van der Waals surface area contributed by atoms with E-state index in [0.29, 0.717) is 39.3 Å². The normalized spacial score (nSPS) is 15.2. The van der Waals surface area contributed by atoms with Gasteiger partial charge in [-0.05, 0) is 24.6 Å². The predicted octanol–water partition coefficient (Wildman–Crippen LogP) is 0.0694. The quantitative estimate of drug-likeness (QED) is 0.535. The average Bonchev–Trinajstić information content (AvgIpc) is 3.03. The average molecular weight is 482 g/mol. The van der Waals surface area contributed by atoms with E-state index in [2.05, 4.69) is 5.32 Å². The number of hydrogen-bond acceptors (Lipinski definition) is 6. The van der Waals surface area contributed by atoms with Gasteiger partial charge in [0, 0.05) is 58.9 Å². The Labute approximate surface area is 196 Å². The highest BCUT2D eigenvalue weighted by molar-refractivity contribution is 7.89. The molecule has 0 bridgehead atoms. The van der Waals surface area contributed by atoms with Crippen LogP contribution in [0.1, 0.15) is 30.6 Å². The number of nitrogens with one attached hydrogen (secondary N) is 1. The summed E-state index contributed by atoms with van der Waals surface area (Å²) in [5.41, 5.74) is 0.181. The minimum atomic E-state index is -3.68. The van der Waals surface area contributed by atoms with Crippen molar-refractivity contribution in [1.29, 1.82) is 0 Å². The maximum Gasteiger partial charge on any atom is 0.251 e. The molecule has 1 fully saturated rings. The molecule has 0 radical (unpaired) electrons. The Hall–Kier alpha value is -2.50. The molecule has 0 unspecified atom stereocenters. The first-order valence-corrected chi connectivity index (χ1v) is 12.6. The Bertz CT molecular complexity index is 946. The zero-order chi connectivity index (χ0) is 24.6. The summed E-state index contributed by atoms with van der Waals surface area (Å²) in [5.74, 6) is -0.698. The molecule has 0 atom stereocenters. The third-order valence-electron chi connectivity index (χ3n) is 5.64. The van der Waals surface area contributed by atoms with E-state index >= 15 is 0 Å². The standard InChI is InChI=1S/C22H35N5O5S/c1-5-27(6-2)33(31,32)19-10-7-9-18(15-19)22(30)23-16-20(28)26-12-8-11-25(13-14-26)17-21(29)24(3)4/h7,9-10,15H,5-6,8,11-14,16-17H2,1-4H3,(H,23,30). The first kappa shape index (κ1) is 26.7. The smallest absolute Gasteiger partial charge is 0.251 e. The molecule has 33 heavy (non-hydrogen) atoms. The lowest BCUT2D eigenvalue weighted by molar-refractivity contribution is -0.130. The van der Waals surface area contributed by atoms with Crippen molar-refractivity contribution < 1.29 is 22.8 Å². The lowest BCUT2D eigenvalue weighted by Gasteiger charge is -2.23. The van der Waals surface area contributed by atoms with Crippen LogP contribution in [0.2, 0.25) is 0 Å². The van der Waals surface area contributed by atoms with E-state index in [1.54, 1.807) is 37.7 Å². The molecular weight excluding hydrogens is 446 g/mol. The minimum Gasteiger partial charge on any atom is -0.348 e. The van der Waals surface area contributed by atoms with Crippen LogP contribution in [0.15, 0.2) is 29.2 Å². The van der Waals surface area contributed by atoms with Gasteiger partial charge in [0.25, 0.3) is 5.91 Å². The fourth-order valence-corrected chi connectivity index (χ4v) is 5.10. The van der Waals surface area contributed by atoms with Gasteiger partial charge in [0.1, 0.15) is 0 Å². The van der Waals surface area contributed by atoms with Gasteiger partial charge in [0.2, 0.25) is 21.8 Å². The Kier molecular flexibility index (Phi) is 9.81. The fraction of sp³-hybridized carbons (Fsp3) is 0.591. The highest BCUT2D eigenvalue weighted by atomic mass is 32.2. The first-order valence-electron chi connectivity index (χ1n) is 11.2. The third-order valence-corrected chi connectivity index (χ3v) is 7.68. The van der Waals surface area contributed by atoms with Gasteiger partial charge in [0.05, 0.1) is 18.0 Å². The molecule has 1 aliphatic rings. The molecule has 0 aliphatic carbocycles. The van der Waals surface area contributed by atoms with Crippen molar-refractivity contribution in [2.24, 2.45) is 0 Å². The summed E-state index contributed by atoms with van der Waals surface area (Å²) in [6, 6.07) is 5.83. The molecule has 1 aromatic carbocycles. The predicted molar refractivity (Wildman–Crippen MR) is 125 cm³/mol. The second kappa shape index (κ2) is 12.1. The van der Waals surface area contributed by atoms with Gasteiger partial charge in [-0.15, -0.1) is 0 Å². The van der Waals surface area contributed by atoms with Crippen molar-refractivity contribution in [3.05, 3.63) is 29.8 Å². The number of rotatable bonds is 9. The number of sulfonamides is 1. The van der Waals surface area contributed by atoms with E-state index < -0.39 is 15.9 Å².